The summed E-state index contributed by atoms with van der Waals surface area (Å²) in [5.41, 5.74) is -0.272. The largest absolute Gasteiger partial charge is 0.475 e. The van der Waals surface area contributed by atoms with Crippen LogP contribution in [-0.2, 0) is 18.1 Å². The lowest BCUT2D eigenvalue weighted by atomic mass is 9.68. The van der Waals surface area contributed by atoms with Gasteiger partial charge in [0, 0.05) is 0 Å². The van der Waals surface area contributed by atoms with E-state index < -0.39 is 30.7 Å². The average molecular weight is 543 g/mol. The van der Waals surface area contributed by atoms with Crippen LogP contribution in [0, 0.1) is 29.4 Å². The van der Waals surface area contributed by atoms with Gasteiger partial charge in [0.1, 0.15) is 0 Å². The van der Waals surface area contributed by atoms with Crippen LogP contribution >= 0.6 is 7.82 Å². The highest BCUT2D eigenvalue weighted by molar-refractivity contribution is 7.48. The van der Waals surface area contributed by atoms with Gasteiger partial charge in [-0.2, -0.15) is 0 Å². The van der Waals surface area contributed by atoms with Crippen molar-refractivity contribution < 1.29 is 26.9 Å². The van der Waals surface area contributed by atoms with E-state index in [0.29, 0.717) is 12.5 Å². The first-order chi connectivity index (χ1) is 17.2. The van der Waals surface area contributed by atoms with Crippen LogP contribution in [-0.4, -0.2) is 17.8 Å². The van der Waals surface area contributed by atoms with Gasteiger partial charge in [-0.1, -0.05) is 31.7 Å². The normalized spacial score (nSPS) is 25.8. The molecule has 37 heavy (non-hydrogen) atoms. The Morgan fingerprint density at radius 3 is 1.84 bits per heavy atom. The molecule has 2 fully saturated rings. The fraction of sp³-hybridized carbons (Fsp3) is 0.800. The second-order valence-electron chi connectivity index (χ2n) is 13.2. The highest BCUT2D eigenvalue weighted by Crippen LogP contribution is 2.55. The molecule has 0 aromatic heterocycles. The summed E-state index contributed by atoms with van der Waals surface area (Å²) in [6.07, 6.45) is 12.8. The Balaban J connectivity index is 1.33. The van der Waals surface area contributed by atoms with E-state index in [1.54, 1.807) is 6.07 Å². The van der Waals surface area contributed by atoms with E-state index in [-0.39, 0.29) is 0 Å². The molecular weight excluding hydrogens is 493 g/mol. The Morgan fingerprint density at radius 2 is 1.32 bits per heavy atom. The van der Waals surface area contributed by atoms with E-state index in [1.165, 1.54) is 57.1 Å². The standard InChI is InChI=1S/C30H49F2O4P/c1-29(2,3)35-37(33,36-30(4,5)6)34-20-8-7-9-22-10-12-23(13-11-22)24-14-16-25(17-15-24)26-18-19-27(31)28(32)21-26/h18-19,21-25H,7-17,20H2,1-6H3. The molecule has 7 heteroatoms. The van der Waals surface area contributed by atoms with Crippen molar-refractivity contribution in [2.75, 3.05) is 6.61 Å². The molecule has 2 aliphatic carbocycles. The van der Waals surface area contributed by atoms with E-state index >= 15 is 0 Å². The highest BCUT2D eigenvalue weighted by Gasteiger charge is 2.37. The molecule has 0 saturated heterocycles. The smallest absolute Gasteiger partial charge is 0.287 e. The van der Waals surface area contributed by atoms with Crippen molar-refractivity contribution in [1.82, 2.24) is 0 Å². The quantitative estimate of drug-likeness (QED) is 0.218. The summed E-state index contributed by atoms with van der Waals surface area (Å²) in [6, 6.07) is 4.42. The van der Waals surface area contributed by atoms with Gasteiger partial charge < -0.3 is 0 Å². The number of benzene rings is 1. The van der Waals surface area contributed by atoms with Gasteiger partial charge in [0.05, 0.1) is 17.8 Å². The molecule has 3 rings (SSSR count). The molecule has 0 amide bonds. The molecule has 2 saturated carbocycles. The molecule has 4 nitrogen and oxygen atoms in total. The Morgan fingerprint density at radius 1 is 0.784 bits per heavy atom. The number of hydrogen-bond donors (Lipinski definition) is 0. The van der Waals surface area contributed by atoms with Gasteiger partial charge >= 0.3 is 7.82 Å². The maximum absolute atomic E-state index is 13.6. The zero-order chi connectivity index (χ0) is 27.3. The van der Waals surface area contributed by atoms with Crippen LogP contribution in [0.5, 0.6) is 0 Å². The number of hydrogen-bond acceptors (Lipinski definition) is 4. The number of rotatable bonds is 10. The third-order valence-corrected chi connectivity index (χ3v) is 9.81. The Labute approximate surface area is 223 Å². The van der Waals surface area contributed by atoms with Gasteiger partial charge in [0.15, 0.2) is 11.6 Å². The first kappa shape index (κ1) is 30.7. The van der Waals surface area contributed by atoms with Crippen molar-refractivity contribution in [3.63, 3.8) is 0 Å². The zero-order valence-corrected chi connectivity index (χ0v) is 24.8. The Bertz CT molecular complexity index is 872. The minimum Gasteiger partial charge on any atom is -0.287 e. The van der Waals surface area contributed by atoms with E-state index in [1.807, 2.05) is 41.5 Å². The SMILES string of the molecule is CC(C)(C)OP(=O)(OCCCCC1CCC(C2CCC(c3ccc(F)c(F)c3)CC2)CC1)OC(C)(C)C. The van der Waals surface area contributed by atoms with Crippen molar-refractivity contribution in [3.8, 4) is 0 Å². The van der Waals surface area contributed by atoms with Crippen molar-refractivity contribution in [3.05, 3.63) is 35.4 Å². The molecular formula is C30H49F2O4P. The average Bonchev–Trinajstić information content (AvgIpc) is 2.79. The minimum atomic E-state index is -3.62. The molecule has 0 spiro atoms. The predicted octanol–water partition coefficient (Wildman–Crippen LogP) is 9.97. The van der Waals surface area contributed by atoms with Crippen LogP contribution in [0.15, 0.2) is 18.2 Å². The highest BCUT2D eigenvalue weighted by atomic mass is 31.2. The van der Waals surface area contributed by atoms with Crippen molar-refractivity contribution >= 4 is 7.82 Å². The van der Waals surface area contributed by atoms with Crippen LogP contribution in [0.2, 0.25) is 0 Å². The fourth-order valence-electron chi connectivity index (χ4n) is 6.09. The lowest BCUT2D eigenvalue weighted by Crippen LogP contribution is -2.25. The number of halogens is 2. The van der Waals surface area contributed by atoms with Gasteiger partial charge in [0.2, 0.25) is 0 Å². The van der Waals surface area contributed by atoms with Crippen LogP contribution in [0.25, 0.3) is 0 Å². The summed E-state index contributed by atoms with van der Waals surface area (Å²) in [4.78, 5) is 0. The molecule has 0 N–H and O–H groups in total. The second-order valence-corrected chi connectivity index (χ2v) is 14.8. The number of phosphoric acid groups is 1. The number of unbranched alkanes of at least 4 members (excludes halogenated alkanes) is 1. The van der Waals surface area contributed by atoms with E-state index in [4.69, 9.17) is 13.6 Å². The zero-order valence-electron chi connectivity index (χ0n) is 23.9. The van der Waals surface area contributed by atoms with Crippen molar-refractivity contribution in [2.24, 2.45) is 17.8 Å². The second kappa shape index (κ2) is 13.0. The third kappa shape index (κ3) is 10.4. The minimum absolute atomic E-state index is 0.364. The summed E-state index contributed by atoms with van der Waals surface area (Å²) in [7, 11) is -3.62. The lowest BCUT2D eigenvalue weighted by Gasteiger charge is -2.38. The topological polar surface area (TPSA) is 44.8 Å². The molecule has 0 heterocycles. The molecule has 1 aromatic carbocycles. The molecule has 1 aromatic rings. The summed E-state index contributed by atoms with van der Waals surface area (Å²) in [6.45, 7) is 11.5. The first-order valence-electron chi connectivity index (χ1n) is 14.3. The van der Waals surface area contributed by atoms with Gasteiger partial charge in [0.25, 0.3) is 0 Å². The lowest BCUT2D eigenvalue weighted by molar-refractivity contribution is 0.00287. The van der Waals surface area contributed by atoms with Crippen LogP contribution in [0.4, 0.5) is 8.78 Å². The summed E-state index contributed by atoms with van der Waals surface area (Å²) >= 11 is 0. The summed E-state index contributed by atoms with van der Waals surface area (Å²) in [5, 5.41) is 0. The Kier molecular flexibility index (Phi) is 10.8. The van der Waals surface area contributed by atoms with Gasteiger partial charge in [-0.25, -0.2) is 13.3 Å². The fourth-order valence-corrected chi connectivity index (χ4v) is 7.93. The van der Waals surface area contributed by atoms with Crippen LogP contribution in [0.1, 0.15) is 124 Å². The van der Waals surface area contributed by atoms with Gasteiger partial charge in [-0.15, -0.1) is 0 Å². The maximum Gasteiger partial charge on any atom is 0.475 e. The van der Waals surface area contributed by atoms with Crippen LogP contribution < -0.4 is 0 Å². The maximum atomic E-state index is 13.6. The van der Waals surface area contributed by atoms with E-state index in [9.17, 15) is 13.3 Å². The summed E-state index contributed by atoms with van der Waals surface area (Å²) in [5.74, 6) is 1.22. The van der Waals surface area contributed by atoms with E-state index in [2.05, 4.69) is 0 Å². The van der Waals surface area contributed by atoms with Crippen molar-refractivity contribution in [2.45, 2.75) is 129 Å². The molecule has 2 aliphatic rings. The Hall–Kier alpha value is -0.810. The molecule has 0 aliphatic heterocycles. The third-order valence-electron chi connectivity index (χ3n) is 7.77. The predicted molar refractivity (Wildman–Crippen MR) is 146 cm³/mol. The monoisotopic (exact) mass is 542 g/mol. The molecule has 0 unspecified atom stereocenters. The molecule has 0 bridgehead atoms. The number of phosphoric ester groups is 1. The van der Waals surface area contributed by atoms with E-state index in [0.717, 1.165) is 49.0 Å². The summed E-state index contributed by atoms with van der Waals surface area (Å²) < 4.78 is 57.1. The van der Waals surface area contributed by atoms with Crippen molar-refractivity contribution in [1.29, 1.82) is 0 Å². The van der Waals surface area contributed by atoms with Crippen LogP contribution in [0.3, 0.4) is 0 Å². The van der Waals surface area contributed by atoms with Gasteiger partial charge in [-0.05, 0) is 128 Å². The van der Waals surface area contributed by atoms with Gasteiger partial charge in [-0.3, -0.25) is 13.6 Å². The first-order valence-corrected chi connectivity index (χ1v) is 15.8. The molecule has 212 valence electrons. The molecule has 0 atom stereocenters. The molecule has 0 radical (unpaired) electrons.